The lowest BCUT2D eigenvalue weighted by Crippen LogP contribution is -2.28. The molecule has 1 fully saturated rings. The van der Waals surface area contributed by atoms with Crippen LogP contribution in [0.4, 0.5) is 5.69 Å². The van der Waals surface area contributed by atoms with E-state index in [1.807, 2.05) is 25.1 Å². The molecule has 2 amide bonds. The molecule has 5 nitrogen and oxygen atoms in total. The standard InChI is InChI=1S/C14H16N2O3/c1-8(15-14(18)9-2-3-9)10-4-5-12-11(6-10)16-13(17)7-19-12/h4-6,8-9H,2-3,7H2,1H3,(H,15,18)(H,16,17)/t8-/m1/s1. The lowest BCUT2D eigenvalue weighted by Gasteiger charge is -2.21. The zero-order chi connectivity index (χ0) is 13.4. The zero-order valence-corrected chi connectivity index (χ0v) is 10.7. The molecule has 0 spiro atoms. The van der Waals surface area contributed by atoms with Gasteiger partial charge in [0.15, 0.2) is 6.61 Å². The van der Waals surface area contributed by atoms with Crippen molar-refractivity contribution in [2.45, 2.75) is 25.8 Å². The molecule has 2 aliphatic rings. The Morgan fingerprint density at radius 2 is 2.26 bits per heavy atom. The Morgan fingerprint density at radius 3 is 3.00 bits per heavy atom. The Bertz CT molecular complexity index is 537. The van der Waals surface area contributed by atoms with Gasteiger partial charge in [-0.25, -0.2) is 0 Å². The third-order valence-corrected chi connectivity index (χ3v) is 3.44. The van der Waals surface area contributed by atoms with Gasteiger partial charge in [0.1, 0.15) is 5.75 Å². The minimum atomic E-state index is -0.153. The molecule has 1 aromatic carbocycles. The van der Waals surface area contributed by atoms with Gasteiger partial charge in [0.25, 0.3) is 5.91 Å². The lowest BCUT2D eigenvalue weighted by molar-refractivity contribution is -0.123. The molecule has 1 aromatic rings. The number of nitrogens with one attached hydrogen (secondary N) is 2. The van der Waals surface area contributed by atoms with Crippen LogP contribution in [0.15, 0.2) is 18.2 Å². The van der Waals surface area contributed by atoms with Gasteiger partial charge in [0.2, 0.25) is 5.91 Å². The second-order valence-corrected chi connectivity index (χ2v) is 5.10. The maximum atomic E-state index is 11.7. The van der Waals surface area contributed by atoms with Gasteiger partial charge in [-0.3, -0.25) is 9.59 Å². The second kappa shape index (κ2) is 4.57. The molecule has 100 valence electrons. The highest BCUT2D eigenvalue weighted by Crippen LogP contribution is 2.32. The van der Waals surface area contributed by atoms with E-state index in [2.05, 4.69) is 10.6 Å². The van der Waals surface area contributed by atoms with Gasteiger partial charge in [-0.1, -0.05) is 6.07 Å². The maximum absolute atomic E-state index is 11.7. The van der Waals surface area contributed by atoms with Gasteiger partial charge in [-0.2, -0.15) is 0 Å². The van der Waals surface area contributed by atoms with Crippen molar-refractivity contribution in [2.24, 2.45) is 5.92 Å². The summed E-state index contributed by atoms with van der Waals surface area (Å²) in [5, 5.41) is 5.75. The van der Waals surface area contributed by atoms with Crippen LogP contribution in [0.25, 0.3) is 0 Å². The fraction of sp³-hybridized carbons (Fsp3) is 0.429. The van der Waals surface area contributed by atoms with Crippen molar-refractivity contribution in [3.63, 3.8) is 0 Å². The Labute approximate surface area is 111 Å². The van der Waals surface area contributed by atoms with E-state index in [1.165, 1.54) is 0 Å². The number of anilines is 1. The first-order chi connectivity index (χ1) is 9.13. The van der Waals surface area contributed by atoms with Gasteiger partial charge in [0.05, 0.1) is 11.7 Å². The van der Waals surface area contributed by atoms with Crippen LogP contribution in [0.1, 0.15) is 31.4 Å². The molecular formula is C14H16N2O3. The van der Waals surface area contributed by atoms with E-state index in [1.54, 1.807) is 0 Å². The smallest absolute Gasteiger partial charge is 0.262 e. The average molecular weight is 260 g/mol. The molecule has 1 aliphatic heterocycles. The van der Waals surface area contributed by atoms with Crippen LogP contribution in [0.2, 0.25) is 0 Å². The topological polar surface area (TPSA) is 67.4 Å². The number of amides is 2. The Kier molecular flexibility index (Phi) is 2.89. The summed E-state index contributed by atoms with van der Waals surface area (Å²) in [5.74, 6) is 0.831. The summed E-state index contributed by atoms with van der Waals surface area (Å²) in [6.07, 6.45) is 1.99. The molecule has 1 atom stereocenters. The monoisotopic (exact) mass is 260 g/mol. The van der Waals surface area contributed by atoms with Gasteiger partial charge in [0, 0.05) is 5.92 Å². The van der Waals surface area contributed by atoms with Crippen LogP contribution in [-0.4, -0.2) is 18.4 Å². The highest BCUT2D eigenvalue weighted by molar-refractivity contribution is 5.95. The first kappa shape index (κ1) is 12.0. The molecule has 3 rings (SSSR count). The van der Waals surface area contributed by atoms with E-state index in [-0.39, 0.29) is 30.4 Å². The summed E-state index contributed by atoms with van der Waals surface area (Å²) in [5.41, 5.74) is 1.62. The third kappa shape index (κ3) is 2.54. The molecule has 0 radical (unpaired) electrons. The van der Waals surface area contributed by atoms with Crippen LogP contribution >= 0.6 is 0 Å². The van der Waals surface area contributed by atoms with Crippen molar-refractivity contribution >= 4 is 17.5 Å². The van der Waals surface area contributed by atoms with Gasteiger partial charge >= 0.3 is 0 Å². The predicted octanol–water partition coefficient (Wildman–Crippen LogP) is 1.60. The first-order valence-electron chi connectivity index (χ1n) is 6.50. The lowest BCUT2D eigenvalue weighted by atomic mass is 10.1. The molecular weight excluding hydrogens is 244 g/mol. The molecule has 0 unspecified atom stereocenters. The quantitative estimate of drug-likeness (QED) is 0.867. The van der Waals surface area contributed by atoms with E-state index in [9.17, 15) is 9.59 Å². The van der Waals surface area contributed by atoms with Crippen molar-refractivity contribution in [1.29, 1.82) is 0 Å². The molecule has 0 saturated heterocycles. The normalized spacial score (nSPS) is 18.9. The minimum absolute atomic E-state index is 0.0559. The van der Waals surface area contributed by atoms with Crippen molar-refractivity contribution in [3.8, 4) is 5.75 Å². The van der Waals surface area contributed by atoms with Crippen LogP contribution in [0.5, 0.6) is 5.75 Å². The van der Waals surface area contributed by atoms with Crippen molar-refractivity contribution in [2.75, 3.05) is 11.9 Å². The van der Waals surface area contributed by atoms with E-state index >= 15 is 0 Å². The average Bonchev–Trinajstić information content (AvgIpc) is 3.22. The fourth-order valence-corrected chi connectivity index (χ4v) is 2.13. The van der Waals surface area contributed by atoms with Crippen molar-refractivity contribution in [1.82, 2.24) is 5.32 Å². The van der Waals surface area contributed by atoms with Crippen molar-refractivity contribution in [3.05, 3.63) is 23.8 Å². The fourth-order valence-electron chi connectivity index (χ4n) is 2.13. The van der Waals surface area contributed by atoms with Gasteiger partial charge in [-0.05, 0) is 37.5 Å². The number of hydrogen-bond donors (Lipinski definition) is 2. The van der Waals surface area contributed by atoms with E-state index in [4.69, 9.17) is 4.74 Å². The number of fused-ring (bicyclic) bond motifs is 1. The summed E-state index contributed by atoms with van der Waals surface area (Å²) in [6.45, 7) is 1.99. The Hall–Kier alpha value is -2.04. The molecule has 1 aliphatic carbocycles. The molecule has 1 heterocycles. The Morgan fingerprint density at radius 1 is 1.47 bits per heavy atom. The molecule has 0 aromatic heterocycles. The Balaban J connectivity index is 1.75. The zero-order valence-electron chi connectivity index (χ0n) is 10.7. The first-order valence-corrected chi connectivity index (χ1v) is 6.50. The molecule has 1 saturated carbocycles. The maximum Gasteiger partial charge on any atom is 0.262 e. The number of carbonyl (C=O) groups is 2. The predicted molar refractivity (Wildman–Crippen MR) is 69.8 cm³/mol. The number of ether oxygens (including phenoxy) is 1. The largest absolute Gasteiger partial charge is 0.482 e. The molecule has 0 bridgehead atoms. The van der Waals surface area contributed by atoms with E-state index in [0.717, 1.165) is 18.4 Å². The molecule has 5 heteroatoms. The van der Waals surface area contributed by atoms with Gasteiger partial charge < -0.3 is 15.4 Å². The summed E-state index contributed by atoms with van der Waals surface area (Å²) >= 11 is 0. The van der Waals surface area contributed by atoms with Gasteiger partial charge in [-0.15, -0.1) is 0 Å². The summed E-state index contributed by atoms with van der Waals surface area (Å²) < 4.78 is 5.30. The SMILES string of the molecule is C[C@@H](NC(=O)C1CC1)c1ccc2c(c1)NC(=O)CO2. The third-order valence-electron chi connectivity index (χ3n) is 3.44. The summed E-state index contributed by atoms with van der Waals surface area (Å²) in [6, 6.07) is 5.51. The van der Waals surface area contributed by atoms with Crippen LogP contribution in [0.3, 0.4) is 0 Å². The number of hydrogen-bond acceptors (Lipinski definition) is 3. The summed E-state index contributed by atoms with van der Waals surface area (Å²) in [7, 11) is 0. The highest BCUT2D eigenvalue weighted by atomic mass is 16.5. The van der Waals surface area contributed by atoms with Crippen LogP contribution in [0, 0.1) is 5.92 Å². The summed E-state index contributed by atoms with van der Waals surface area (Å²) in [4.78, 5) is 23.0. The van der Waals surface area contributed by atoms with Crippen LogP contribution < -0.4 is 15.4 Å². The number of rotatable bonds is 3. The van der Waals surface area contributed by atoms with E-state index < -0.39 is 0 Å². The van der Waals surface area contributed by atoms with E-state index in [0.29, 0.717) is 11.4 Å². The molecule has 2 N–H and O–H groups in total. The minimum Gasteiger partial charge on any atom is -0.482 e. The number of carbonyl (C=O) groups excluding carboxylic acids is 2. The van der Waals surface area contributed by atoms with Crippen LogP contribution in [-0.2, 0) is 9.59 Å². The second-order valence-electron chi connectivity index (χ2n) is 5.10. The van der Waals surface area contributed by atoms with Crippen molar-refractivity contribution < 1.29 is 14.3 Å². The number of benzene rings is 1. The highest BCUT2D eigenvalue weighted by Gasteiger charge is 2.30. The molecule has 19 heavy (non-hydrogen) atoms.